The van der Waals surface area contributed by atoms with E-state index in [0.717, 1.165) is 42.1 Å². The predicted molar refractivity (Wildman–Crippen MR) is 160 cm³/mol. The van der Waals surface area contributed by atoms with Crippen LogP contribution in [0.1, 0.15) is 28.8 Å². The molecule has 0 saturated carbocycles. The first-order valence-electron chi connectivity index (χ1n) is 14.0. The first-order valence-corrected chi connectivity index (χ1v) is 14.0. The highest BCUT2D eigenvalue weighted by molar-refractivity contribution is 6.10. The molecule has 3 N–H and O–H groups in total. The van der Waals surface area contributed by atoms with Gasteiger partial charge in [0.15, 0.2) is 0 Å². The van der Waals surface area contributed by atoms with Crippen LogP contribution in [0.25, 0.3) is 22.2 Å². The van der Waals surface area contributed by atoms with Crippen molar-refractivity contribution >= 4 is 34.6 Å². The van der Waals surface area contributed by atoms with Crippen molar-refractivity contribution in [1.29, 1.82) is 0 Å². The molecule has 0 unspecified atom stereocenters. The van der Waals surface area contributed by atoms with E-state index in [1.54, 1.807) is 24.3 Å². The number of aromatic nitrogens is 1. The van der Waals surface area contributed by atoms with Crippen LogP contribution in [0.4, 0.5) is 15.3 Å². The van der Waals surface area contributed by atoms with Crippen LogP contribution in [-0.2, 0) is 11.3 Å². The normalized spacial score (nSPS) is 16.1. The SMILES string of the molecule is COC(=O)N(NC(=O)c1c(CN2CCC3(CC2)CNC(=O)N3)c(-c2ccccc2)nc2ccccc12)c1ccccc1. The molecule has 4 aromatic rings. The number of amides is 4. The van der Waals surface area contributed by atoms with E-state index in [0.29, 0.717) is 40.9 Å². The lowest BCUT2D eigenvalue weighted by atomic mass is 9.88. The second-order valence-electron chi connectivity index (χ2n) is 10.6. The Labute approximate surface area is 243 Å². The quantitative estimate of drug-likeness (QED) is 0.308. The molecule has 2 fully saturated rings. The van der Waals surface area contributed by atoms with E-state index in [4.69, 9.17) is 9.72 Å². The number of nitrogens with one attached hydrogen (secondary N) is 3. The molecule has 1 aromatic heterocycles. The van der Waals surface area contributed by atoms with Crippen LogP contribution in [-0.4, -0.2) is 60.2 Å². The molecule has 214 valence electrons. The average Bonchev–Trinajstić information content (AvgIpc) is 3.40. The zero-order chi connectivity index (χ0) is 29.1. The second-order valence-corrected chi connectivity index (χ2v) is 10.6. The van der Waals surface area contributed by atoms with Crippen molar-refractivity contribution < 1.29 is 19.1 Å². The fourth-order valence-corrected chi connectivity index (χ4v) is 5.78. The summed E-state index contributed by atoms with van der Waals surface area (Å²) in [6.45, 7) is 2.56. The Morgan fingerprint density at radius 2 is 1.64 bits per heavy atom. The minimum atomic E-state index is -0.716. The summed E-state index contributed by atoms with van der Waals surface area (Å²) in [6, 6.07) is 26.1. The third-order valence-corrected chi connectivity index (χ3v) is 8.01. The molecule has 1 spiro atoms. The van der Waals surface area contributed by atoms with E-state index in [-0.39, 0.29) is 11.6 Å². The van der Waals surface area contributed by atoms with Crippen LogP contribution in [0.3, 0.4) is 0 Å². The highest BCUT2D eigenvalue weighted by Crippen LogP contribution is 2.33. The van der Waals surface area contributed by atoms with Crippen LogP contribution < -0.4 is 21.1 Å². The molecule has 0 atom stereocenters. The maximum Gasteiger partial charge on any atom is 0.433 e. The molecule has 0 radical (unpaired) electrons. The van der Waals surface area contributed by atoms with E-state index in [2.05, 4.69) is 21.0 Å². The van der Waals surface area contributed by atoms with Gasteiger partial charge < -0.3 is 15.4 Å². The molecule has 3 aromatic carbocycles. The number of benzene rings is 3. The molecule has 2 aliphatic rings. The molecule has 4 amide bonds. The van der Waals surface area contributed by atoms with E-state index < -0.39 is 12.0 Å². The Balaban J connectivity index is 1.43. The van der Waals surface area contributed by atoms with Gasteiger partial charge in [0.05, 0.1) is 35.1 Å². The molecule has 0 aliphatic carbocycles. The molecule has 10 nitrogen and oxygen atoms in total. The van der Waals surface area contributed by atoms with E-state index >= 15 is 0 Å². The van der Waals surface area contributed by atoms with Gasteiger partial charge in [-0.2, -0.15) is 5.01 Å². The standard InChI is InChI=1S/C32H32N6O4/c1-42-31(41)38(23-12-6-3-7-13-23)36-29(39)27-24-14-8-9-15-26(24)34-28(22-10-4-2-5-11-22)25(27)20-37-18-16-32(17-19-37)21-33-30(40)35-32/h2-15H,16-21H2,1H3,(H,36,39)(H2,33,35,40). The van der Waals surface area contributed by atoms with Crippen LogP contribution in [0.15, 0.2) is 84.9 Å². The summed E-state index contributed by atoms with van der Waals surface area (Å²) in [4.78, 5) is 46.3. The number of hydrogen-bond acceptors (Lipinski definition) is 6. The Bertz CT molecular complexity index is 1620. The largest absolute Gasteiger partial charge is 0.451 e. The van der Waals surface area contributed by atoms with Gasteiger partial charge in [0, 0.05) is 42.7 Å². The van der Waals surface area contributed by atoms with E-state index in [9.17, 15) is 14.4 Å². The van der Waals surface area contributed by atoms with Gasteiger partial charge in [0.25, 0.3) is 5.91 Å². The predicted octanol–water partition coefficient (Wildman–Crippen LogP) is 4.47. The Morgan fingerprint density at radius 3 is 2.31 bits per heavy atom. The maximum atomic E-state index is 14.3. The lowest BCUT2D eigenvalue weighted by Crippen LogP contribution is -2.52. The fourth-order valence-electron chi connectivity index (χ4n) is 5.78. The lowest BCUT2D eigenvalue weighted by Gasteiger charge is -2.38. The van der Waals surface area contributed by atoms with Crippen molar-refractivity contribution in [1.82, 2.24) is 25.9 Å². The number of carbonyl (C=O) groups excluding carboxylic acids is 3. The zero-order valence-corrected chi connectivity index (χ0v) is 23.3. The molecule has 6 rings (SSSR count). The first-order chi connectivity index (χ1) is 20.5. The number of anilines is 1. The summed E-state index contributed by atoms with van der Waals surface area (Å²) in [5, 5.41) is 7.79. The Morgan fingerprint density at radius 1 is 0.976 bits per heavy atom. The fraction of sp³-hybridized carbons (Fsp3) is 0.250. The third-order valence-electron chi connectivity index (χ3n) is 8.01. The van der Waals surface area contributed by atoms with Gasteiger partial charge in [-0.25, -0.2) is 14.6 Å². The number of methoxy groups -OCH3 is 1. The molecular weight excluding hydrogens is 532 g/mol. The lowest BCUT2D eigenvalue weighted by molar-refractivity contribution is 0.0938. The second kappa shape index (κ2) is 11.5. The van der Waals surface area contributed by atoms with Crippen molar-refractivity contribution in [3.63, 3.8) is 0 Å². The number of urea groups is 1. The van der Waals surface area contributed by atoms with Gasteiger partial charge in [-0.05, 0) is 31.0 Å². The summed E-state index contributed by atoms with van der Waals surface area (Å²) in [5.74, 6) is -0.448. The topological polar surface area (TPSA) is 116 Å². The molecule has 42 heavy (non-hydrogen) atoms. The van der Waals surface area contributed by atoms with Crippen LogP contribution in [0.2, 0.25) is 0 Å². The van der Waals surface area contributed by atoms with Crippen LogP contribution >= 0.6 is 0 Å². The van der Waals surface area contributed by atoms with Gasteiger partial charge in [0.1, 0.15) is 0 Å². The summed E-state index contributed by atoms with van der Waals surface area (Å²) >= 11 is 0. The maximum absolute atomic E-state index is 14.3. The van der Waals surface area contributed by atoms with Crippen molar-refractivity contribution in [2.75, 3.05) is 31.8 Å². The average molecular weight is 565 g/mol. The number of rotatable bonds is 5. The summed E-state index contributed by atoms with van der Waals surface area (Å²) in [5.41, 5.74) is 6.52. The first kappa shape index (κ1) is 27.2. The third kappa shape index (κ3) is 5.36. The van der Waals surface area contributed by atoms with Crippen molar-refractivity contribution in [2.45, 2.75) is 24.9 Å². The van der Waals surface area contributed by atoms with E-state index in [1.807, 2.05) is 60.7 Å². The Kier molecular flexibility index (Phi) is 7.45. The van der Waals surface area contributed by atoms with Gasteiger partial charge >= 0.3 is 12.1 Å². The molecule has 3 heterocycles. The number of hydrazine groups is 1. The number of fused-ring (bicyclic) bond motifs is 1. The summed E-state index contributed by atoms with van der Waals surface area (Å²) in [7, 11) is 1.27. The van der Waals surface area contributed by atoms with Gasteiger partial charge in [-0.1, -0.05) is 66.7 Å². The van der Waals surface area contributed by atoms with Crippen molar-refractivity contribution in [3.8, 4) is 11.3 Å². The van der Waals surface area contributed by atoms with Crippen molar-refractivity contribution in [3.05, 3.63) is 96.1 Å². The number of carbonyl (C=O) groups is 3. The van der Waals surface area contributed by atoms with E-state index in [1.165, 1.54) is 7.11 Å². The van der Waals surface area contributed by atoms with Crippen molar-refractivity contribution in [2.24, 2.45) is 0 Å². The highest BCUT2D eigenvalue weighted by Gasteiger charge is 2.40. The highest BCUT2D eigenvalue weighted by atomic mass is 16.5. The van der Waals surface area contributed by atoms with Crippen LogP contribution in [0.5, 0.6) is 0 Å². The van der Waals surface area contributed by atoms with Gasteiger partial charge in [-0.15, -0.1) is 0 Å². The minimum Gasteiger partial charge on any atom is -0.451 e. The number of pyridine rings is 1. The number of para-hydroxylation sites is 2. The number of likely N-dealkylation sites (tertiary alicyclic amines) is 1. The minimum absolute atomic E-state index is 0.124. The van der Waals surface area contributed by atoms with Crippen LogP contribution in [0, 0.1) is 0 Å². The zero-order valence-electron chi connectivity index (χ0n) is 23.3. The van der Waals surface area contributed by atoms with Gasteiger partial charge in [0.2, 0.25) is 0 Å². The molecule has 2 saturated heterocycles. The number of ether oxygens (including phenoxy) is 1. The number of hydrogen-bond donors (Lipinski definition) is 3. The van der Waals surface area contributed by atoms with Gasteiger partial charge in [-0.3, -0.25) is 15.1 Å². The molecular formula is C32H32N6O4. The Hall–Kier alpha value is -4.96. The smallest absolute Gasteiger partial charge is 0.433 e. The molecule has 10 heteroatoms. The monoisotopic (exact) mass is 564 g/mol. The summed E-state index contributed by atoms with van der Waals surface area (Å²) in [6.07, 6.45) is 0.865. The number of piperidine rings is 1. The number of nitrogens with zero attached hydrogens (tertiary/aromatic N) is 3. The summed E-state index contributed by atoms with van der Waals surface area (Å²) < 4.78 is 5.01. The molecule has 0 bridgehead atoms. The molecule has 2 aliphatic heterocycles.